The van der Waals surface area contributed by atoms with Gasteiger partial charge in [0, 0.05) is 34.2 Å². The summed E-state index contributed by atoms with van der Waals surface area (Å²) in [7, 11) is 0. The van der Waals surface area contributed by atoms with E-state index in [4.69, 9.17) is 0 Å². The highest BCUT2D eigenvalue weighted by Gasteiger charge is 2.14. The Balaban J connectivity index is 1.53. The van der Waals surface area contributed by atoms with Crippen LogP contribution in [0.1, 0.15) is 0 Å². The first-order valence-electron chi connectivity index (χ1n) is 9.25. The number of hydrogen-bond donors (Lipinski definition) is 2. The van der Waals surface area contributed by atoms with Crippen LogP contribution in [0.5, 0.6) is 0 Å². The van der Waals surface area contributed by atoms with E-state index >= 15 is 0 Å². The van der Waals surface area contributed by atoms with Gasteiger partial charge in [-0.1, -0.05) is 18.2 Å². The summed E-state index contributed by atoms with van der Waals surface area (Å²) < 4.78 is 0. The average Bonchev–Trinajstić information content (AvgIpc) is 3.52. The van der Waals surface area contributed by atoms with Crippen LogP contribution in [0, 0.1) is 0 Å². The van der Waals surface area contributed by atoms with E-state index in [9.17, 15) is 0 Å². The first-order chi connectivity index (χ1) is 14.4. The van der Waals surface area contributed by atoms with Crippen molar-refractivity contribution in [3.8, 4) is 33.6 Å². The highest BCUT2D eigenvalue weighted by Crippen LogP contribution is 2.35. The molecular formula is C23H15N5S. The summed E-state index contributed by atoms with van der Waals surface area (Å²) in [6, 6.07) is 17.0. The third kappa shape index (κ3) is 2.65. The van der Waals surface area contributed by atoms with E-state index in [2.05, 4.69) is 78.4 Å². The summed E-state index contributed by atoms with van der Waals surface area (Å²) in [6.45, 7) is 0. The first-order valence-corrected chi connectivity index (χ1v) is 10.2. The maximum atomic E-state index is 4.60. The monoisotopic (exact) mass is 393 g/mol. The zero-order chi connectivity index (χ0) is 19.2. The van der Waals surface area contributed by atoms with Crippen LogP contribution in [0.4, 0.5) is 0 Å². The van der Waals surface area contributed by atoms with Crippen LogP contribution >= 0.6 is 11.3 Å². The number of fused-ring (bicyclic) bond motifs is 2. The molecule has 0 saturated carbocycles. The van der Waals surface area contributed by atoms with Crippen molar-refractivity contribution in [2.45, 2.75) is 0 Å². The number of aromatic amines is 2. The summed E-state index contributed by atoms with van der Waals surface area (Å²) in [5.74, 6) is 0. The molecular weight excluding hydrogens is 378 g/mol. The minimum atomic E-state index is 0.908. The highest BCUT2D eigenvalue weighted by atomic mass is 32.1. The Hall–Kier alpha value is -3.77. The van der Waals surface area contributed by atoms with Crippen LogP contribution in [0.25, 0.3) is 55.4 Å². The molecule has 2 aromatic carbocycles. The summed E-state index contributed by atoms with van der Waals surface area (Å²) in [6.07, 6.45) is 5.19. The third-order valence-corrected chi connectivity index (χ3v) is 5.89. The van der Waals surface area contributed by atoms with Gasteiger partial charge < -0.3 is 4.98 Å². The van der Waals surface area contributed by atoms with Gasteiger partial charge in [0.1, 0.15) is 12.0 Å². The lowest BCUT2D eigenvalue weighted by Gasteiger charge is -2.01. The molecule has 5 nitrogen and oxygen atoms in total. The van der Waals surface area contributed by atoms with E-state index in [0.29, 0.717) is 0 Å². The van der Waals surface area contributed by atoms with Crippen LogP contribution in [0.3, 0.4) is 0 Å². The van der Waals surface area contributed by atoms with Gasteiger partial charge >= 0.3 is 0 Å². The molecule has 4 heterocycles. The number of rotatable bonds is 3. The van der Waals surface area contributed by atoms with Gasteiger partial charge in [0.25, 0.3) is 0 Å². The molecule has 0 aliphatic carbocycles. The second-order valence-electron chi connectivity index (χ2n) is 6.92. The SMILES string of the molecule is c1cc(-c2ccsc2)c2cc(-c3n[nH]c4ccc(-c5cncnc5)cc34)[nH]c2c1. The Bertz CT molecular complexity index is 1450. The number of nitrogens with one attached hydrogen (secondary N) is 2. The summed E-state index contributed by atoms with van der Waals surface area (Å²) in [5.41, 5.74) is 8.53. The Morgan fingerprint density at radius 2 is 1.72 bits per heavy atom. The van der Waals surface area contributed by atoms with E-state index in [1.807, 2.05) is 18.5 Å². The lowest BCUT2D eigenvalue weighted by atomic mass is 10.0. The average molecular weight is 393 g/mol. The van der Waals surface area contributed by atoms with Crippen molar-refractivity contribution in [1.29, 1.82) is 0 Å². The fourth-order valence-corrected chi connectivity index (χ4v) is 4.46. The number of benzene rings is 2. The Morgan fingerprint density at radius 1 is 0.793 bits per heavy atom. The van der Waals surface area contributed by atoms with Gasteiger partial charge in [0.2, 0.25) is 0 Å². The topological polar surface area (TPSA) is 70.2 Å². The Labute approximate surface area is 170 Å². The molecule has 4 aromatic heterocycles. The van der Waals surface area contributed by atoms with E-state index in [1.165, 1.54) is 16.5 Å². The quantitative estimate of drug-likeness (QED) is 0.393. The molecule has 0 radical (unpaired) electrons. The van der Waals surface area contributed by atoms with Crippen molar-refractivity contribution < 1.29 is 0 Å². The van der Waals surface area contributed by atoms with Crippen LogP contribution in [-0.4, -0.2) is 25.1 Å². The van der Waals surface area contributed by atoms with Crippen molar-refractivity contribution in [2.24, 2.45) is 0 Å². The first kappa shape index (κ1) is 16.2. The van der Waals surface area contributed by atoms with E-state index in [1.54, 1.807) is 17.7 Å². The van der Waals surface area contributed by atoms with Gasteiger partial charge in [-0.15, -0.1) is 0 Å². The van der Waals surface area contributed by atoms with Gasteiger partial charge in [-0.2, -0.15) is 16.4 Å². The van der Waals surface area contributed by atoms with Gasteiger partial charge in [-0.05, 0) is 57.8 Å². The van der Waals surface area contributed by atoms with Crippen molar-refractivity contribution in [3.05, 3.63) is 78.0 Å². The van der Waals surface area contributed by atoms with Crippen molar-refractivity contribution in [3.63, 3.8) is 0 Å². The Kier molecular flexibility index (Phi) is 3.57. The fraction of sp³-hybridized carbons (Fsp3) is 0. The smallest absolute Gasteiger partial charge is 0.116 e. The molecule has 6 rings (SSSR count). The second-order valence-corrected chi connectivity index (χ2v) is 7.70. The van der Waals surface area contributed by atoms with Gasteiger partial charge in [0.05, 0.1) is 11.2 Å². The number of aromatic nitrogens is 5. The number of nitrogens with zero attached hydrogens (tertiary/aromatic N) is 3. The largest absolute Gasteiger partial charge is 0.353 e. The molecule has 6 aromatic rings. The number of H-pyrrole nitrogens is 2. The molecule has 29 heavy (non-hydrogen) atoms. The van der Waals surface area contributed by atoms with Gasteiger partial charge in [-0.3, -0.25) is 5.10 Å². The number of hydrogen-bond acceptors (Lipinski definition) is 4. The second kappa shape index (κ2) is 6.39. The minimum Gasteiger partial charge on any atom is -0.353 e. The molecule has 6 heteroatoms. The van der Waals surface area contributed by atoms with E-state index in [0.717, 1.165) is 38.9 Å². The maximum Gasteiger partial charge on any atom is 0.116 e. The molecule has 0 unspecified atom stereocenters. The van der Waals surface area contributed by atoms with Gasteiger partial charge in [0.15, 0.2) is 0 Å². The molecule has 0 aliphatic rings. The lowest BCUT2D eigenvalue weighted by Crippen LogP contribution is -1.83. The standard InChI is InChI=1S/C23H15N5S/c1-2-17(15-6-7-29-12-15)18-9-22(26-20(18)3-1)23-19-8-14(4-5-21(19)27-28-23)16-10-24-13-25-11-16/h1-13,26H,(H,27,28). The zero-order valence-electron chi connectivity index (χ0n) is 15.3. The zero-order valence-corrected chi connectivity index (χ0v) is 16.1. The molecule has 0 spiro atoms. The van der Waals surface area contributed by atoms with Crippen molar-refractivity contribution in [1.82, 2.24) is 25.1 Å². The highest BCUT2D eigenvalue weighted by molar-refractivity contribution is 7.08. The third-order valence-electron chi connectivity index (χ3n) is 5.21. The molecule has 0 aliphatic heterocycles. The molecule has 0 bridgehead atoms. The summed E-state index contributed by atoms with van der Waals surface area (Å²) in [4.78, 5) is 11.8. The van der Waals surface area contributed by atoms with Crippen LogP contribution in [0.15, 0.2) is 78.0 Å². The fourth-order valence-electron chi connectivity index (χ4n) is 3.80. The predicted octanol–water partition coefficient (Wildman–Crippen LogP) is 5.90. The van der Waals surface area contributed by atoms with Crippen molar-refractivity contribution in [2.75, 3.05) is 0 Å². The molecule has 138 valence electrons. The minimum absolute atomic E-state index is 0.908. The predicted molar refractivity (Wildman–Crippen MR) is 118 cm³/mol. The maximum absolute atomic E-state index is 4.60. The van der Waals surface area contributed by atoms with Crippen LogP contribution in [-0.2, 0) is 0 Å². The lowest BCUT2D eigenvalue weighted by molar-refractivity contribution is 1.12. The van der Waals surface area contributed by atoms with Crippen LogP contribution in [0.2, 0.25) is 0 Å². The van der Waals surface area contributed by atoms with E-state index < -0.39 is 0 Å². The normalized spacial score (nSPS) is 11.4. The molecule has 0 atom stereocenters. The van der Waals surface area contributed by atoms with Gasteiger partial charge in [-0.25, -0.2) is 9.97 Å². The van der Waals surface area contributed by atoms with Crippen LogP contribution < -0.4 is 0 Å². The molecule has 0 fully saturated rings. The van der Waals surface area contributed by atoms with E-state index in [-0.39, 0.29) is 0 Å². The molecule has 0 amide bonds. The summed E-state index contributed by atoms with van der Waals surface area (Å²) >= 11 is 1.71. The summed E-state index contributed by atoms with van der Waals surface area (Å²) in [5, 5.41) is 14.3. The van der Waals surface area contributed by atoms with Crippen molar-refractivity contribution >= 4 is 33.1 Å². The molecule has 0 saturated heterocycles. The Morgan fingerprint density at radius 3 is 2.59 bits per heavy atom. The molecule has 2 N–H and O–H groups in total. The number of thiophene rings is 1.